The number of rotatable bonds is 3. The molecule has 0 spiro atoms. The smallest absolute Gasteiger partial charge is 0.274 e. The lowest BCUT2D eigenvalue weighted by molar-refractivity contribution is 0.438. The minimum Gasteiger partial charge on any atom is -0.394 e. The summed E-state index contributed by atoms with van der Waals surface area (Å²) < 4.78 is 41.8. The zero-order valence-corrected chi connectivity index (χ0v) is 19.2. The molecule has 6 rings (SSSR count). The number of pyridine rings is 3. The van der Waals surface area contributed by atoms with E-state index in [0.717, 1.165) is 0 Å². The van der Waals surface area contributed by atoms with Crippen molar-refractivity contribution >= 4 is 17.1 Å². The van der Waals surface area contributed by atoms with Crippen molar-refractivity contribution in [3.63, 3.8) is 0 Å². The van der Waals surface area contributed by atoms with Crippen LogP contribution in [0.15, 0.2) is 69.4 Å². The van der Waals surface area contributed by atoms with E-state index >= 15 is 0 Å². The highest BCUT2D eigenvalue weighted by Gasteiger charge is 2.41. The van der Waals surface area contributed by atoms with E-state index in [1.54, 1.807) is 36.8 Å². The number of halogens is 3. The lowest BCUT2D eigenvalue weighted by atomic mass is 10.4. The molecular formula is C24H27F3N6O3. The fourth-order valence-corrected chi connectivity index (χ4v) is 3.69. The van der Waals surface area contributed by atoms with Crippen LogP contribution in [0.5, 0.6) is 0 Å². The fourth-order valence-electron chi connectivity index (χ4n) is 3.69. The Morgan fingerprint density at radius 2 is 0.778 bits per heavy atom. The van der Waals surface area contributed by atoms with Crippen LogP contribution in [0.1, 0.15) is 37.4 Å². The van der Waals surface area contributed by atoms with Gasteiger partial charge in [-0.1, -0.05) is 0 Å². The van der Waals surface area contributed by atoms with Gasteiger partial charge < -0.3 is 30.9 Å². The Hall–Kier alpha value is -3.96. The Morgan fingerprint density at radius 3 is 0.972 bits per heavy atom. The van der Waals surface area contributed by atoms with Crippen molar-refractivity contribution in [1.82, 2.24) is 13.7 Å². The molecule has 192 valence electrons. The molecule has 3 fully saturated rings. The van der Waals surface area contributed by atoms with E-state index < -0.39 is 18.5 Å². The van der Waals surface area contributed by atoms with Crippen LogP contribution >= 0.6 is 0 Å². The molecule has 6 atom stereocenters. The molecule has 1 unspecified atom stereocenters. The van der Waals surface area contributed by atoms with Gasteiger partial charge >= 0.3 is 0 Å². The predicted octanol–water partition coefficient (Wildman–Crippen LogP) is 2.14. The molecule has 3 aliphatic carbocycles. The van der Waals surface area contributed by atoms with Crippen LogP contribution in [-0.2, 0) is 0 Å². The maximum absolute atomic E-state index is 12.6. The molecule has 3 aliphatic rings. The third-order valence-corrected chi connectivity index (χ3v) is 6.13. The number of anilines is 3. The first-order chi connectivity index (χ1) is 17.1. The number of hydrogen-bond donors (Lipinski definition) is 3. The number of alkyl halides is 3. The van der Waals surface area contributed by atoms with E-state index in [1.807, 2.05) is 0 Å². The standard InChI is InChI=1S/3C8H9FN2O/c3*9-5-4-7(5)11-3-1-2-6(10)8(11)12/h3*1-3,5,7H,4,10H2/t5-,7?;2*5-,7-/m110/s1. The summed E-state index contributed by atoms with van der Waals surface area (Å²) in [5.74, 6) is 0. The Balaban J connectivity index is 0.000000127. The van der Waals surface area contributed by atoms with Gasteiger partial charge in [-0.3, -0.25) is 14.4 Å². The van der Waals surface area contributed by atoms with Crippen molar-refractivity contribution in [3.8, 4) is 0 Å². The van der Waals surface area contributed by atoms with E-state index in [2.05, 4.69) is 0 Å². The number of nitrogens with two attached hydrogens (primary N) is 3. The van der Waals surface area contributed by atoms with Crippen LogP contribution in [0.25, 0.3) is 0 Å². The van der Waals surface area contributed by atoms with Gasteiger partial charge in [-0.25, -0.2) is 13.2 Å². The zero-order valence-electron chi connectivity index (χ0n) is 19.2. The Morgan fingerprint density at radius 1 is 0.556 bits per heavy atom. The molecule has 3 aromatic heterocycles. The van der Waals surface area contributed by atoms with Crippen LogP contribution in [0.4, 0.5) is 30.2 Å². The van der Waals surface area contributed by atoms with Crippen LogP contribution in [0.2, 0.25) is 0 Å². The molecule has 3 saturated carbocycles. The van der Waals surface area contributed by atoms with Gasteiger partial charge in [-0.15, -0.1) is 0 Å². The van der Waals surface area contributed by atoms with Gasteiger partial charge in [-0.05, 0) is 36.4 Å². The van der Waals surface area contributed by atoms with Crippen molar-refractivity contribution < 1.29 is 13.2 Å². The van der Waals surface area contributed by atoms with E-state index in [1.165, 1.54) is 31.9 Å². The highest BCUT2D eigenvalue weighted by molar-refractivity contribution is 5.35. The van der Waals surface area contributed by atoms with E-state index in [4.69, 9.17) is 17.2 Å². The van der Waals surface area contributed by atoms with E-state index in [9.17, 15) is 27.6 Å². The molecule has 0 aliphatic heterocycles. The number of nitrogen functional groups attached to an aromatic ring is 3. The average molecular weight is 505 g/mol. The van der Waals surface area contributed by atoms with Crippen molar-refractivity contribution in [2.75, 3.05) is 17.2 Å². The molecule has 3 aromatic rings. The average Bonchev–Trinajstić information content (AvgIpc) is 3.79. The summed E-state index contributed by atoms with van der Waals surface area (Å²) in [4.78, 5) is 33.8. The number of nitrogens with zero attached hydrogens (tertiary/aromatic N) is 3. The second kappa shape index (κ2) is 9.96. The molecule has 0 radical (unpaired) electrons. The third-order valence-electron chi connectivity index (χ3n) is 6.13. The Labute approximate surface area is 203 Å². The minimum absolute atomic E-state index is 0.177. The van der Waals surface area contributed by atoms with Crippen molar-refractivity contribution in [3.05, 3.63) is 86.1 Å². The monoisotopic (exact) mass is 504 g/mol. The molecule has 6 N–H and O–H groups in total. The molecule has 36 heavy (non-hydrogen) atoms. The van der Waals surface area contributed by atoms with Gasteiger partial charge in [0.05, 0.1) is 35.2 Å². The molecule has 0 bridgehead atoms. The van der Waals surface area contributed by atoms with Crippen molar-refractivity contribution in [1.29, 1.82) is 0 Å². The number of hydrogen-bond acceptors (Lipinski definition) is 6. The van der Waals surface area contributed by atoms with Gasteiger partial charge in [0.25, 0.3) is 16.7 Å². The Bertz CT molecular complexity index is 1250. The van der Waals surface area contributed by atoms with E-state index in [-0.39, 0.29) is 51.9 Å². The van der Waals surface area contributed by atoms with Gasteiger partial charge in [0.2, 0.25) is 0 Å². The molecule has 0 amide bonds. The highest BCUT2D eigenvalue weighted by atomic mass is 19.1. The first-order valence-electron chi connectivity index (χ1n) is 11.4. The van der Waals surface area contributed by atoms with Gasteiger partial charge in [0.15, 0.2) is 0 Å². The van der Waals surface area contributed by atoms with Crippen LogP contribution in [0.3, 0.4) is 0 Å². The minimum atomic E-state index is -0.871. The first kappa shape index (κ1) is 25.1. The third kappa shape index (κ3) is 5.47. The SMILES string of the molecule is Nc1cccn(C2C[C@H]2F)c1=O.Nc1cccn([C@@H]2C[C@H]2F)c1=O.Nc1cccn([C@H]2C[C@@H]2F)c1=O. The first-order valence-corrected chi connectivity index (χ1v) is 11.4. The topological polar surface area (TPSA) is 144 Å². The maximum atomic E-state index is 12.6. The molecular weight excluding hydrogens is 477 g/mol. The normalized spacial score (nSPS) is 27.1. The zero-order chi connectivity index (χ0) is 26.1. The summed E-state index contributed by atoms with van der Waals surface area (Å²) in [7, 11) is 0. The summed E-state index contributed by atoms with van der Waals surface area (Å²) in [6.07, 6.45) is 3.41. The van der Waals surface area contributed by atoms with E-state index in [0.29, 0.717) is 19.3 Å². The van der Waals surface area contributed by atoms with Gasteiger partial charge in [0, 0.05) is 37.9 Å². The second-order valence-electron chi connectivity index (χ2n) is 8.98. The Kier molecular flexibility index (Phi) is 6.95. The highest BCUT2D eigenvalue weighted by Crippen LogP contribution is 2.38. The lowest BCUT2D eigenvalue weighted by Gasteiger charge is -2.02. The lowest BCUT2D eigenvalue weighted by Crippen LogP contribution is -2.21. The fraction of sp³-hybridized carbons (Fsp3) is 0.375. The molecule has 12 heteroatoms. The largest absolute Gasteiger partial charge is 0.394 e. The maximum Gasteiger partial charge on any atom is 0.274 e. The van der Waals surface area contributed by atoms with Crippen LogP contribution in [-0.4, -0.2) is 32.2 Å². The predicted molar refractivity (Wildman–Crippen MR) is 131 cm³/mol. The number of aromatic nitrogens is 3. The van der Waals surface area contributed by atoms with Crippen molar-refractivity contribution in [2.45, 2.75) is 55.9 Å². The summed E-state index contributed by atoms with van der Waals surface area (Å²) in [5, 5.41) is 0. The van der Waals surface area contributed by atoms with Gasteiger partial charge in [0.1, 0.15) is 18.5 Å². The molecule has 3 heterocycles. The van der Waals surface area contributed by atoms with Crippen LogP contribution in [0, 0.1) is 0 Å². The summed E-state index contributed by atoms with van der Waals surface area (Å²) in [6.45, 7) is 0. The summed E-state index contributed by atoms with van der Waals surface area (Å²) >= 11 is 0. The van der Waals surface area contributed by atoms with Gasteiger partial charge in [-0.2, -0.15) is 0 Å². The molecule has 0 aromatic carbocycles. The quantitative estimate of drug-likeness (QED) is 0.499. The molecule has 0 saturated heterocycles. The van der Waals surface area contributed by atoms with Crippen molar-refractivity contribution in [2.24, 2.45) is 0 Å². The summed E-state index contributed by atoms with van der Waals surface area (Å²) in [6, 6.07) is 8.70. The molecule has 9 nitrogen and oxygen atoms in total. The van der Waals surface area contributed by atoms with Crippen LogP contribution < -0.4 is 33.9 Å². The summed E-state index contributed by atoms with van der Waals surface area (Å²) in [5.41, 5.74) is 15.8. The second-order valence-corrected chi connectivity index (χ2v) is 8.98.